The minimum Gasteiger partial charge on any atom is -0.411 e. The van der Waals surface area contributed by atoms with Crippen LogP contribution >= 0.6 is 7.60 Å². The van der Waals surface area contributed by atoms with Crippen molar-refractivity contribution in [3.05, 3.63) is 0 Å². The Balaban J connectivity index is 4.08. The summed E-state index contributed by atoms with van der Waals surface area (Å²) in [5, 5.41) is 10.8. The monoisotopic (exact) mass is 195 g/mol. The highest BCUT2D eigenvalue weighted by Gasteiger charge is 2.21. The Morgan fingerprint density at radius 2 is 1.92 bits per heavy atom. The lowest BCUT2D eigenvalue weighted by Gasteiger charge is -2.13. The molecule has 0 fully saturated rings. The second-order valence-corrected chi connectivity index (χ2v) is 4.03. The minimum atomic E-state index is -3.05. The van der Waals surface area contributed by atoms with Crippen molar-refractivity contribution in [2.75, 3.05) is 19.4 Å². The molecule has 0 saturated heterocycles. The molecule has 5 nitrogen and oxygen atoms in total. The van der Waals surface area contributed by atoms with E-state index in [9.17, 15) is 4.57 Å². The number of hydrogen-bond acceptors (Lipinski definition) is 5. The van der Waals surface area contributed by atoms with Crippen molar-refractivity contribution >= 4 is 13.8 Å². The fourth-order valence-corrected chi connectivity index (χ4v) is 2.02. The van der Waals surface area contributed by atoms with Gasteiger partial charge in [0.25, 0.3) is 0 Å². The Labute approximate surface area is 71.9 Å². The van der Waals surface area contributed by atoms with Crippen molar-refractivity contribution < 1.29 is 18.8 Å². The molecule has 1 N–H and O–H groups in total. The Hall–Kier alpha value is -0.380. The molecule has 0 bridgehead atoms. The van der Waals surface area contributed by atoms with Gasteiger partial charge in [-0.15, -0.1) is 5.16 Å². The molecule has 6 heteroatoms. The quantitative estimate of drug-likeness (QED) is 0.303. The van der Waals surface area contributed by atoms with Crippen LogP contribution in [-0.4, -0.2) is 30.8 Å². The van der Waals surface area contributed by atoms with E-state index in [2.05, 4.69) is 5.16 Å². The first-order chi connectivity index (χ1) is 5.68. The van der Waals surface area contributed by atoms with Crippen LogP contribution in [-0.2, 0) is 13.6 Å². The van der Waals surface area contributed by atoms with Crippen LogP contribution in [0.5, 0.6) is 0 Å². The topological polar surface area (TPSA) is 68.1 Å². The first-order valence-electron chi connectivity index (χ1n) is 3.72. The summed E-state index contributed by atoms with van der Waals surface area (Å²) in [6.45, 7) is 4.08. The van der Waals surface area contributed by atoms with Gasteiger partial charge in [-0.25, -0.2) is 0 Å². The van der Waals surface area contributed by atoms with E-state index >= 15 is 0 Å². The van der Waals surface area contributed by atoms with Gasteiger partial charge in [0.05, 0.1) is 25.6 Å². The molecule has 0 aromatic carbocycles. The highest BCUT2D eigenvalue weighted by Crippen LogP contribution is 2.46. The predicted molar refractivity (Wildman–Crippen MR) is 46.0 cm³/mol. The van der Waals surface area contributed by atoms with E-state index in [1.165, 1.54) is 0 Å². The first kappa shape index (κ1) is 11.6. The molecule has 0 unspecified atom stereocenters. The minimum absolute atomic E-state index is 0.00514. The fourth-order valence-electron chi connectivity index (χ4n) is 0.673. The van der Waals surface area contributed by atoms with Crippen molar-refractivity contribution in [2.24, 2.45) is 5.16 Å². The second kappa shape index (κ2) is 6.17. The van der Waals surface area contributed by atoms with Crippen LogP contribution in [0.15, 0.2) is 5.16 Å². The zero-order valence-corrected chi connectivity index (χ0v) is 8.16. The van der Waals surface area contributed by atoms with E-state index in [-0.39, 0.29) is 6.16 Å². The average Bonchev–Trinajstić information content (AvgIpc) is 2.02. The van der Waals surface area contributed by atoms with Crippen molar-refractivity contribution in [3.63, 3.8) is 0 Å². The Bertz CT molecular complexity index is 172. The van der Waals surface area contributed by atoms with Gasteiger partial charge in [-0.1, -0.05) is 0 Å². The van der Waals surface area contributed by atoms with E-state index in [4.69, 9.17) is 14.3 Å². The van der Waals surface area contributed by atoms with Crippen LogP contribution in [0.2, 0.25) is 0 Å². The van der Waals surface area contributed by atoms with Gasteiger partial charge in [0.2, 0.25) is 0 Å². The van der Waals surface area contributed by atoms with Crippen LogP contribution in [0.4, 0.5) is 0 Å². The van der Waals surface area contributed by atoms with Crippen molar-refractivity contribution in [1.29, 1.82) is 0 Å². The molecular weight excluding hydrogens is 181 g/mol. The van der Waals surface area contributed by atoms with Gasteiger partial charge >= 0.3 is 7.60 Å². The van der Waals surface area contributed by atoms with E-state index in [0.717, 1.165) is 6.21 Å². The molecular formula is C6H14NO4P. The molecule has 0 aliphatic heterocycles. The zero-order chi connectivity index (χ0) is 9.45. The van der Waals surface area contributed by atoms with Gasteiger partial charge in [0.15, 0.2) is 0 Å². The largest absolute Gasteiger partial charge is 0.411 e. The maximum atomic E-state index is 11.5. The Morgan fingerprint density at radius 1 is 1.42 bits per heavy atom. The summed E-state index contributed by atoms with van der Waals surface area (Å²) in [6.07, 6.45) is 1.11. The van der Waals surface area contributed by atoms with Crippen LogP contribution in [0.3, 0.4) is 0 Å². The summed E-state index contributed by atoms with van der Waals surface area (Å²) in [5.41, 5.74) is 0. The third-order valence-corrected chi connectivity index (χ3v) is 2.95. The molecule has 0 saturated carbocycles. The smallest absolute Gasteiger partial charge is 0.336 e. The number of nitrogens with zero attached hydrogens (tertiary/aromatic N) is 1. The van der Waals surface area contributed by atoms with Gasteiger partial charge in [0.1, 0.15) is 0 Å². The van der Waals surface area contributed by atoms with Gasteiger partial charge in [-0.05, 0) is 13.8 Å². The normalized spacial score (nSPS) is 12.5. The SMILES string of the molecule is CCOP(=O)(C/C=N/O)OCC. The van der Waals surface area contributed by atoms with Gasteiger partial charge in [-0.3, -0.25) is 4.57 Å². The summed E-state index contributed by atoms with van der Waals surface area (Å²) < 4.78 is 21.3. The summed E-state index contributed by atoms with van der Waals surface area (Å²) in [4.78, 5) is 0. The number of rotatable bonds is 6. The van der Waals surface area contributed by atoms with Crippen LogP contribution in [0.25, 0.3) is 0 Å². The summed E-state index contributed by atoms with van der Waals surface area (Å²) >= 11 is 0. The molecule has 72 valence electrons. The second-order valence-electron chi connectivity index (χ2n) is 1.93. The molecule has 0 aromatic heterocycles. The van der Waals surface area contributed by atoms with Crippen molar-refractivity contribution in [2.45, 2.75) is 13.8 Å². The average molecular weight is 195 g/mol. The van der Waals surface area contributed by atoms with E-state index < -0.39 is 7.60 Å². The lowest BCUT2D eigenvalue weighted by atomic mass is 10.9. The molecule has 0 spiro atoms. The van der Waals surface area contributed by atoms with Crippen molar-refractivity contribution in [1.82, 2.24) is 0 Å². The van der Waals surface area contributed by atoms with Crippen LogP contribution in [0, 0.1) is 0 Å². The molecule has 0 rings (SSSR count). The summed E-state index contributed by atoms with van der Waals surface area (Å²) in [6, 6.07) is 0. The standard InChI is InChI=1S/C6H14NO4P/c1-3-10-12(9,11-4-2)6-5-7-8/h5,8H,3-4,6H2,1-2H3/b7-5+. The van der Waals surface area contributed by atoms with Crippen LogP contribution in [0.1, 0.15) is 13.8 Å². The summed E-state index contributed by atoms with van der Waals surface area (Å²) in [5.74, 6) is 0. The molecule has 0 aliphatic carbocycles. The molecule has 0 aromatic rings. The maximum Gasteiger partial charge on any atom is 0.336 e. The first-order valence-corrected chi connectivity index (χ1v) is 5.45. The lowest BCUT2D eigenvalue weighted by Crippen LogP contribution is -2.00. The van der Waals surface area contributed by atoms with E-state index in [0.29, 0.717) is 13.2 Å². The van der Waals surface area contributed by atoms with E-state index in [1.54, 1.807) is 13.8 Å². The highest BCUT2D eigenvalue weighted by atomic mass is 31.2. The zero-order valence-electron chi connectivity index (χ0n) is 7.27. The maximum absolute atomic E-state index is 11.5. The molecule has 0 heterocycles. The van der Waals surface area contributed by atoms with Crippen LogP contribution < -0.4 is 0 Å². The summed E-state index contributed by atoms with van der Waals surface area (Å²) in [7, 11) is -3.05. The predicted octanol–water partition coefficient (Wildman–Crippen LogP) is 1.71. The van der Waals surface area contributed by atoms with Gasteiger partial charge in [-0.2, -0.15) is 0 Å². The molecule has 0 radical (unpaired) electrons. The van der Waals surface area contributed by atoms with Gasteiger partial charge in [0, 0.05) is 0 Å². The molecule has 0 atom stereocenters. The number of hydrogen-bond donors (Lipinski definition) is 1. The molecule has 0 aliphatic rings. The Kier molecular flexibility index (Phi) is 5.98. The Morgan fingerprint density at radius 3 is 2.25 bits per heavy atom. The lowest BCUT2D eigenvalue weighted by molar-refractivity contribution is 0.223. The molecule has 12 heavy (non-hydrogen) atoms. The molecule has 0 amide bonds. The van der Waals surface area contributed by atoms with E-state index in [1.807, 2.05) is 0 Å². The third-order valence-electron chi connectivity index (χ3n) is 1.04. The third kappa shape index (κ3) is 4.49. The van der Waals surface area contributed by atoms with Gasteiger partial charge < -0.3 is 14.3 Å². The highest BCUT2D eigenvalue weighted by molar-refractivity contribution is 7.54. The van der Waals surface area contributed by atoms with Crippen molar-refractivity contribution in [3.8, 4) is 0 Å². The fraction of sp³-hybridized carbons (Fsp3) is 0.833. The number of oxime groups is 1.